The predicted octanol–water partition coefficient (Wildman–Crippen LogP) is 1.45. The Hall–Kier alpha value is -1.88. The van der Waals surface area contributed by atoms with Gasteiger partial charge in [0.25, 0.3) is 0 Å². The number of nitrogens with zero attached hydrogens (tertiary/aromatic N) is 1. The van der Waals surface area contributed by atoms with Gasteiger partial charge >= 0.3 is 5.97 Å². The molecular formula is C16H19NO4. The molecule has 2 aliphatic heterocycles. The van der Waals surface area contributed by atoms with Crippen LogP contribution in [0, 0.1) is 5.92 Å². The first-order valence-electron chi connectivity index (χ1n) is 7.34. The van der Waals surface area contributed by atoms with Gasteiger partial charge in [-0.15, -0.1) is 0 Å². The van der Waals surface area contributed by atoms with E-state index >= 15 is 0 Å². The van der Waals surface area contributed by atoms with Crippen molar-refractivity contribution in [3.8, 4) is 0 Å². The molecule has 2 heterocycles. The molecule has 2 aliphatic rings. The Balaban J connectivity index is 1.85. The number of carboxylic acids is 1. The van der Waals surface area contributed by atoms with E-state index < -0.39 is 12.0 Å². The van der Waals surface area contributed by atoms with Crippen LogP contribution in [0.2, 0.25) is 0 Å². The molecule has 1 aromatic rings. The van der Waals surface area contributed by atoms with Gasteiger partial charge in [-0.05, 0) is 24.0 Å². The van der Waals surface area contributed by atoms with Crippen LogP contribution in [0.3, 0.4) is 0 Å². The molecule has 1 fully saturated rings. The number of carbonyl (C=O) groups excluding carboxylic acids is 1. The summed E-state index contributed by atoms with van der Waals surface area (Å²) in [5, 5.41) is 9.46. The van der Waals surface area contributed by atoms with E-state index in [1.807, 2.05) is 24.3 Å². The van der Waals surface area contributed by atoms with Crippen molar-refractivity contribution in [3.63, 3.8) is 0 Å². The number of carbonyl (C=O) groups is 2. The molecule has 1 saturated heterocycles. The molecule has 5 nitrogen and oxygen atoms in total. The van der Waals surface area contributed by atoms with Crippen molar-refractivity contribution in [3.05, 3.63) is 35.4 Å². The zero-order valence-electron chi connectivity index (χ0n) is 11.8. The Kier molecular flexibility index (Phi) is 3.92. The van der Waals surface area contributed by atoms with Crippen LogP contribution < -0.4 is 0 Å². The number of hydrogen-bond donors (Lipinski definition) is 1. The first-order valence-corrected chi connectivity index (χ1v) is 7.34. The second kappa shape index (κ2) is 5.85. The number of aliphatic carboxylic acids is 1. The van der Waals surface area contributed by atoms with Gasteiger partial charge in [0.1, 0.15) is 6.04 Å². The molecule has 0 aliphatic carbocycles. The van der Waals surface area contributed by atoms with Crippen molar-refractivity contribution in [1.29, 1.82) is 0 Å². The average Bonchev–Trinajstić information content (AvgIpc) is 2.53. The smallest absolute Gasteiger partial charge is 0.326 e. The Morgan fingerprint density at radius 3 is 2.67 bits per heavy atom. The lowest BCUT2D eigenvalue weighted by Gasteiger charge is -2.37. The number of fused-ring (bicyclic) bond motifs is 1. The van der Waals surface area contributed by atoms with Gasteiger partial charge < -0.3 is 14.7 Å². The lowest BCUT2D eigenvalue weighted by Crippen LogP contribution is -2.51. The fraction of sp³-hybridized carbons (Fsp3) is 0.500. The van der Waals surface area contributed by atoms with Gasteiger partial charge in [0.2, 0.25) is 5.91 Å². The summed E-state index contributed by atoms with van der Waals surface area (Å²) in [6, 6.07) is 6.97. The number of amides is 1. The highest BCUT2D eigenvalue weighted by Crippen LogP contribution is 2.27. The van der Waals surface area contributed by atoms with Crippen molar-refractivity contribution >= 4 is 11.9 Å². The topological polar surface area (TPSA) is 66.8 Å². The van der Waals surface area contributed by atoms with E-state index in [-0.39, 0.29) is 11.8 Å². The second-order valence-corrected chi connectivity index (χ2v) is 5.71. The Bertz CT molecular complexity index is 551. The minimum absolute atomic E-state index is 0.0865. The summed E-state index contributed by atoms with van der Waals surface area (Å²) in [7, 11) is 0. The van der Waals surface area contributed by atoms with Crippen LogP contribution in [0.4, 0.5) is 0 Å². The van der Waals surface area contributed by atoms with Crippen molar-refractivity contribution in [2.75, 3.05) is 13.2 Å². The molecule has 5 heteroatoms. The van der Waals surface area contributed by atoms with Crippen molar-refractivity contribution in [1.82, 2.24) is 4.90 Å². The molecule has 3 rings (SSSR count). The molecular weight excluding hydrogens is 270 g/mol. The first-order chi connectivity index (χ1) is 10.2. The van der Waals surface area contributed by atoms with E-state index in [4.69, 9.17) is 4.74 Å². The Labute approximate surface area is 123 Å². The summed E-state index contributed by atoms with van der Waals surface area (Å²) in [6.07, 6.45) is 2.02. The summed E-state index contributed by atoms with van der Waals surface area (Å²) < 4.78 is 5.36. The summed E-state index contributed by atoms with van der Waals surface area (Å²) >= 11 is 0. The van der Waals surface area contributed by atoms with Gasteiger partial charge in [-0.3, -0.25) is 4.79 Å². The maximum Gasteiger partial charge on any atom is 0.326 e. The quantitative estimate of drug-likeness (QED) is 0.895. The third kappa shape index (κ3) is 2.78. The highest BCUT2D eigenvalue weighted by atomic mass is 16.5. The van der Waals surface area contributed by atoms with Gasteiger partial charge in [-0.2, -0.15) is 0 Å². The standard InChI is InChI=1S/C16H19NO4/c18-15(13-6-3-7-21-10-13)17-9-12-5-2-1-4-11(12)8-14(17)16(19)20/h1-2,4-5,13-14H,3,6-10H2,(H,19,20)/t13?,14-/m1/s1. The minimum atomic E-state index is -0.936. The van der Waals surface area contributed by atoms with Crippen LogP contribution in [-0.2, 0) is 27.3 Å². The highest BCUT2D eigenvalue weighted by Gasteiger charge is 2.37. The van der Waals surface area contributed by atoms with Gasteiger partial charge in [0.15, 0.2) is 0 Å². The number of ether oxygens (including phenoxy) is 1. The molecule has 0 radical (unpaired) electrons. The van der Waals surface area contributed by atoms with Crippen molar-refractivity contribution in [2.45, 2.75) is 31.8 Å². The van der Waals surface area contributed by atoms with E-state index in [1.54, 1.807) is 0 Å². The molecule has 0 bridgehead atoms. The average molecular weight is 289 g/mol. The predicted molar refractivity (Wildman–Crippen MR) is 75.7 cm³/mol. The van der Waals surface area contributed by atoms with E-state index in [9.17, 15) is 14.7 Å². The molecule has 1 unspecified atom stereocenters. The fourth-order valence-corrected chi connectivity index (χ4v) is 3.15. The molecule has 2 atom stereocenters. The zero-order chi connectivity index (χ0) is 14.8. The molecule has 112 valence electrons. The maximum absolute atomic E-state index is 12.7. The zero-order valence-corrected chi connectivity index (χ0v) is 11.8. The van der Waals surface area contributed by atoms with Crippen LogP contribution in [0.15, 0.2) is 24.3 Å². The summed E-state index contributed by atoms with van der Waals surface area (Å²) in [5.41, 5.74) is 2.06. The number of carboxylic acid groups (broad SMARTS) is 1. The number of rotatable bonds is 2. The number of hydrogen-bond acceptors (Lipinski definition) is 3. The normalized spacial score (nSPS) is 25.2. The van der Waals surface area contributed by atoms with E-state index in [2.05, 4.69) is 0 Å². The van der Waals surface area contributed by atoms with Crippen LogP contribution >= 0.6 is 0 Å². The third-order valence-electron chi connectivity index (χ3n) is 4.33. The lowest BCUT2D eigenvalue weighted by molar-refractivity contribution is -0.155. The maximum atomic E-state index is 12.7. The lowest BCUT2D eigenvalue weighted by atomic mass is 9.91. The minimum Gasteiger partial charge on any atom is -0.480 e. The second-order valence-electron chi connectivity index (χ2n) is 5.71. The van der Waals surface area contributed by atoms with Crippen LogP contribution in [-0.4, -0.2) is 41.1 Å². The largest absolute Gasteiger partial charge is 0.480 e. The van der Waals surface area contributed by atoms with Crippen molar-refractivity contribution < 1.29 is 19.4 Å². The number of benzene rings is 1. The highest BCUT2D eigenvalue weighted by molar-refractivity contribution is 5.86. The van der Waals surface area contributed by atoms with E-state index in [1.165, 1.54) is 4.90 Å². The first kappa shape index (κ1) is 14.1. The van der Waals surface area contributed by atoms with Crippen LogP contribution in [0.5, 0.6) is 0 Å². The third-order valence-corrected chi connectivity index (χ3v) is 4.33. The monoisotopic (exact) mass is 289 g/mol. The SMILES string of the molecule is O=C(O)[C@H]1Cc2ccccc2CN1C(=O)C1CCCOC1. The molecule has 1 N–H and O–H groups in total. The van der Waals surface area contributed by atoms with Crippen LogP contribution in [0.1, 0.15) is 24.0 Å². The van der Waals surface area contributed by atoms with Gasteiger partial charge in [-0.25, -0.2) is 4.79 Å². The van der Waals surface area contributed by atoms with E-state index in [0.717, 1.165) is 24.0 Å². The van der Waals surface area contributed by atoms with E-state index in [0.29, 0.717) is 26.2 Å². The van der Waals surface area contributed by atoms with Gasteiger partial charge in [-0.1, -0.05) is 24.3 Å². The Morgan fingerprint density at radius 2 is 2.00 bits per heavy atom. The molecule has 1 aromatic carbocycles. The summed E-state index contributed by atoms with van der Waals surface area (Å²) in [4.78, 5) is 25.7. The van der Waals surface area contributed by atoms with Crippen LogP contribution in [0.25, 0.3) is 0 Å². The van der Waals surface area contributed by atoms with Gasteiger partial charge in [0, 0.05) is 19.6 Å². The van der Waals surface area contributed by atoms with Gasteiger partial charge in [0.05, 0.1) is 12.5 Å². The molecule has 0 aromatic heterocycles. The molecule has 21 heavy (non-hydrogen) atoms. The molecule has 0 spiro atoms. The molecule has 1 amide bonds. The fourth-order valence-electron chi connectivity index (χ4n) is 3.15. The summed E-state index contributed by atoms with van der Waals surface area (Å²) in [6.45, 7) is 1.47. The summed E-state index contributed by atoms with van der Waals surface area (Å²) in [5.74, 6) is -1.22. The Morgan fingerprint density at radius 1 is 1.24 bits per heavy atom. The van der Waals surface area contributed by atoms with Crippen molar-refractivity contribution in [2.24, 2.45) is 5.92 Å². The molecule has 0 saturated carbocycles.